The van der Waals surface area contributed by atoms with Gasteiger partial charge in [0.2, 0.25) is 5.91 Å². The number of fused-ring (bicyclic) bond motifs is 3. The Labute approximate surface area is 144 Å². The summed E-state index contributed by atoms with van der Waals surface area (Å²) in [6.45, 7) is 0.854. The lowest BCUT2D eigenvalue weighted by molar-refractivity contribution is -0.133. The van der Waals surface area contributed by atoms with Crippen LogP contribution in [0.5, 0.6) is 5.75 Å². The highest BCUT2D eigenvalue weighted by molar-refractivity contribution is 9.10. The Morgan fingerprint density at radius 3 is 2.65 bits per heavy atom. The van der Waals surface area contributed by atoms with E-state index in [-0.39, 0.29) is 17.9 Å². The molecule has 0 radical (unpaired) electrons. The molecule has 1 saturated heterocycles. The molecule has 0 N–H and O–H groups in total. The molecule has 2 aromatic carbocycles. The molecule has 2 heterocycles. The van der Waals surface area contributed by atoms with Crippen LogP contribution in [0.4, 0.5) is 0 Å². The second-order valence-electron chi connectivity index (χ2n) is 6.17. The van der Waals surface area contributed by atoms with Crippen molar-refractivity contribution >= 4 is 21.8 Å². The lowest BCUT2D eigenvalue weighted by Gasteiger charge is -2.37. The smallest absolute Gasteiger partial charge is 0.235 e. The molecule has 2 aliphatic rings. The lowest BCUT2D eigenvalue weighted by Crippen LogP contribution is -2.40. The van der Waals surface area contributed by atoms with Gasteiger partial charge in [0.25, 0.3) is 0 Å². The van der Waals surface area contributed by atoms with Crippen molar-refractivity contribution in [3.05, 3.63) is 63.6 Å². The summed E-state index contributed by atoms with van der Waals surface area (Å²) < 4.78 is 6.43. The molecule has 0 spiro atoms. The van der Waals surface area contributed by atoms with Crippen molar-refractivity contribution in [1.82, 2.24) is 4.90 Å². The standard InChI is InChI=1S/C19H18BrNO2/c1-23-14-8-9-15-16(11-14)17-3-2-10-21(17)19(22)18(15)12-4-6-13(20)7-5-12/h4-9,11,17-18H,2-3,10H2,1H3/t17-,18+/m0/s1. The molecule has 1 fully saturated rings. The normalized spacial score (nSPS) is 22.7. The van der Waals surface area contributed by atoms with Crippen LogP contribution in [0.1, 0.15) is 41.5 Å². The highest BCUT2D eigenvalue weighted by atomic mass is 79.9. The van der Waals surface area contributed by atoms with Gasteiger partial charge in [0, 0.05) is 11.0 Å². The zero-order valence-electron chi connectivity index (χ0n) is 13.0. The Hall–Kier alpha value is -1.81. The van der Waals surface area contributed by atoms with Crippen LogP contribution in [-0.2, 0) is 4.79 Å². The number of carbonyl (C=O) groups is 1. The van der Waals surface area contributed by atoms with E-state index in [0.717, 1.165) is 40.7 Å². The minimum absolute atomic E-state index is 0.208. The molecule has 0 saturated carbocycles. The molecule has 3 nitrogen and oxygen atoms in total. The number of hydrogen-bond acceptors (Lipinski definition) is 2. The van der Waals surface area contributed by atoms with Crippen LogP contribution in [0.15, 0.2) is 46.9 Å². The maximum Gasteiger partial charge on any atom is 0.235 e. The van der Waals surface area contributed by atoms with Crippen LogP contribution in [-0.4, -0.2) is 24.5 Å². The molecule has 1 amide bonds. The zero-order valence-corrected chi connectivity index (χ0v) is 14.5. The molecule has 4 heteroatoms. The van der Waals surface area contributed by atoms with Gasteiger partial charge in [-0.15, -0.1) is 0 Å². The Balaban J connectivity index is 1.88. The van der Waals surface area contributed by atoms with E-state index < -0.39 is 0 Å². The summed E-state index contributed by atoms with van der Waals surface area (Å²) in [5.74, 6) is 0.880. The molecule has 2 aliphatic heterocycles. The minimum atomic E-state index is -0.210. The number of rotatable bonds is 2. The van der Waals surface area contributed by atoms with Gasteiger partial charge in [-0.2, -0.15) is 0 Å². The van der Waals surface area contributed by atoms with Crippen LogP contribution in [0.2, 0.25) is 0 Å². The van der Waals surface area contributed by atoms with Crippen molar-refractivity contribution in [2.24, 2.45) is 0 Å². The number of ether oxygens (including phenoxy) is 1. The van der Waals surface area contributed by atoms with Crippen molar-refractivity contribution in [2.45, 2.75) is 24.8 Å². The van der Waals surface area contributed by atoms with Gasteiger partial charge in [0.15, 0.2) is 0 Å². The number of halogens is 1. The molecular weight excluding hydrogens is 354 g/mol. The molecule has 0 bridgehead atoms. The van der Waals surface area contributed by atoms with E-state index in [1.807, 2.05) is 30.3 Å². The summed E-state index contributed by atoms with van der Waals surface area (Å²) >= 11 is 3.47. The highest BCUT2D eigenvalue weighted by Gasteiger charge is 2.42. The van der Waals surface area contributed by atoms with Gasteiger partial charge >= 0.3 is 0 Å². The van der Waals surface area contributed by atoms with E-state index in [1.165, 1.54) is 5.56 Å². The predicted octanol–water partition coefficient (Wildman–Crippen LogP) is 4.27. The maximum absolute atomic E-state index is 13.1. The number of nitrogens with zero attached hydrogens (tertiary/aromatic N) is 1. The quantitative estimate of drug-likeness (QED) is 0.788. The number of amides is 1. The van der Waals surface area contributed by atoms with Gasteiger partial charge in [-0.05, 0) is 53.8 Å². The molecule has 2 atom stereocenters. The fourth-order valence-electron chi connectivity index (χ4n) is 3.86. The SMILES string of the molecule is COc1ccc2c(c1)[C@@H]1CCCN1C(=O)[C@@H]2c1ccc(Br)cc1. The third kappa shape index (κ3) is 2.36. The van der Waals surface area contributed by atoms with E-state index in [0.29, 0.717) is 0 Å². The first kappa shape index (κ1) is 14.8. The average molecular weight is 372 g/mol. The van der Waals surface area contributed by atoms with E-state index in [9.17, 15) is 4.79 Å². The third-order valence-corrected chi connectivity index (χ3v) is 5.48. The highest BCUT2D eigenvalue weighted by Crippen LogP contribution is 2.46. The van der Waals surface area contributed by atoms with Gasteiger partial charge < -0.3 is 9.64 Å². The second kappa shape index (κ2) is 5.68. The molecule has 23 heavy (non-hydrogen) atoms. The van der Waals surface area contributed by atoms with Crippen molar-refractivity contribution < 1.29 is 9.53 Å². The Kier molecular flexibility index (Phi) is 3.64. The lowest BCUT2D eigenvalue weighted by atomic mass is 9.81. The summed E-state index contributed by atoms with van der Waals surface area (Å²) in [6, 6.07) is 14.4. The van der Waals surface area contributed by atoms with Gasteiger partial charge in [0.05, 0.1) is 19.1 Å². The zero-order chi connectivity index (χ0) is 16.0. The van der Waals surface area contributed by atoms with E-state index in [4.69, 9.17) is 4.74 Å². The van der Waals surface area contributed by atoms with Gasteiger partial charge in [-0.25, -0.2) is 0 Å². The van der Waals surface area contributed by atoms with Crippen LogP contribution >= 0.6 is 15.9 Å². The molecule has 0 aromatic heterocycles. The fourth-order valence-corrected chi connectivity index (χ4v) is 4.13. The topological polar surface area (TPSA) is 29.5 Å². The maximum atomic E-state index is 13.1. The molecular formula is C19H18BrNO2. The van der Waals surface area contributed by atoms with Gasteiger partial charge in [-0.1, -0.05) is 34.1 Å². The average Bonchev–Trinajstić information content (AvgIpc) is 3.07. The Morgan fingerprint density at radius 1 is 1.13 bits per heavy atom. The molecule has 2 aromatic rings. The van der Waals surface area contributed by atoms with Crippen molar-refractivity contribution in [3.63, 3.8) is 0 Å². The van der Waals surface area contributed by atoms with Crippen LogP contribution in [0.25, 0.3) is 0 Å². The summed E-state index contributed by atoms with van der Waals surface area (Å²) in [7, 11) is 1.69. The summed E-state index contributed by atoms with van der Waals surface area (Å²) in [6.07, 6.45) is 2.11. The van der Waals surface area contributed by atoms with Gasteiger partial charge in [-0.3, -0.25) is 4.79 Å². The van der Waals surface area contributed by atoms with E-state index >= 15 is 0 Å². The number of carbonyl (C=O) groups excluding carboxylic acids is 1. The molecule has 4 rings (SSSR count). The second-order valence-corrected chi connectivity index (χ2v) is 7.08. The first-order valence-corrected chi connectivity index (χ1v) is 8.72. The molecule has 0 unspecified atom stereocenters. The number of hydrogen-bond donors (Lipinski definition) is 0. The predicted molar refractivity (Wildman–Crippen MR) is 92.7 cm³/mol. The first-order chi connectivity index (χ1) is 11.2. The monoisotopic (exact) mass is 371 g/mol. The summed E-state index contributed by atoms with van der Waals surface area (Å²) in [5, 5.41) is 0. The van der Waals surface area contributed by atoms with Gasteiger partial charge in [0.1, 0.15) is 5.75 Å². The first-order valence-electron chi connectivity index (χ1n) is 7.93. The number of methoxy groups -OCH3 is 1. The minimum Gasteiger partial charge on any atom is -0.497 e. The Morgan fingerprint density at radius 2 is 1.91 bits per heavy atom. The summed E-state index contributed by atoms with van der Waals surface area (Å²) in [4.78, 5) is 15.1. The summed E-state index contributed by atoms with van der Waals surface area (Å²) in [5.41, 5.74) is 3.42. The third-order valence-electron chi connectivity index (χ3n) is 4.95. The van der Waals surface area contributed by atoms with Crippen LogP contribution in [0.3, 0.4) is 0 Å². The molecule has 0 aliphatic carbocycles. The molecule has 118 valence electrons. The fraction of sp³-hybridized carbons (Fsp3) is 0.316. The van der Waals surface area contributed by atoms with E-state index in [1.54, 1.807) is 7.11 Å². The van der Waals surface area contributed by atoms with Crippen molar-refractivity contribution in [1.29, 1.82) is 0 Å². The van der Waals surface area contributed by atoms with E-state index in [2.05, 4.69) is 33.0 Å². The number of benzene rings is 2. The largest absolute Gasteiger partial charge is 0.497 e. The Bertz CT molecular complexity index is 756. The van der Waals surface area contributed by atoms with Crippen molar-refractivity contribution in [3.8, 4) is 5.75 Å². The van der Waals surface area contributed by atoms with Crippen molar-refractivity contribution in [2.75, 3.05) is 13.7 Å². The van der Waals surface area contributed by atoms with Crippen LogP contribution < -0.4 is 4.74 Å². The van der Waals surface area contributed by atoms with Crippen LogP contribution in [0, 0.1) is 0 Å².